The number of sulfonamides is 1. The van der Waals surface area contributed by atoms with Gasteiger partial charge in [-0.05, 0) is 49.4 Å². The van der Waals surface area contributed by atoms with Crippen LogP contribution in [-0.2, 0) is 10.0 Å². The summed E-state index contributed by atoms with van der Waals surface area (Å²) in [7, 11) is -3.75. The van der Waals surface area contributed by atoms with Gasteiger partial charge in [-0.1, -0.05) is 23.7 Å². The first kappa shape index (κ1) is 17.4. The number of thiophene rings is 1. The van der Waals surface area contributed by atoms with E-state index in [9.17, 15) is 13.2 Å². The second-order valence-corrected chi connectivity index (χ2v) is 9.26. The van der Waals surface area contributed by atoms with Crippen LogP contribution in [0.4, 0.5) is 0 Å². The lowest BCUT2D eigenvalue weighted by molar-refractivity contribution is 0.100. The van der Waals surface area contributed by atoms with Crippen LogP contribution >= 0.6 is 22.9 Å². The summed E-state index contributed by atoms with van der Waals surface area (Å²) in [4.78, 5) is 12.2. The monoisotopic (exact) mass is 384 g/mol. The molecule has 1 heterocycles. The Kier molecular flexibility index (Phi) is 4.70. The van der Waals surface area contributed by atoms with Gasteiger partial charge in [-0.15, -0.1) is 11.3 Å². The van der Waals surface area contributed by atoms with Crippen LogP contribution in [-0.4, -0.2) is 14.3 Å². The van der Waals surface area contributed by atoms with Gasteiger partial charge in [0.05, 0.1) is 9.77 Å². The van der Waals surface area contributed by atoms with E-state index in [1.165, 1.54) is 6.07 Å². The van der Waals surface area contributed by atoms with Crippen molar-refractivity contribution in [2.24, 2.45) is 11.7 Å². The van der Waals surface area contributed by atoms with Gasteiger partial charge in [-0.2, -0.15) is 0 Å². The van der Waals surface area contributed by atoms with Gasteiger partial charge in [0.25, 0.3) is 5.91 Å². The smallest absolute Gasteiger partial charge is 0.258 e. The van der Waals surface area contributed by atoms with Crippen molar-refractivity contribution in [3.8, 4) is 0 Å². The van der Waals surface area contributed by atoms with E-state index in [1.54, 1.807) is 19.1 Å². The van der Waals surface area contributed by atoms with Gasteiger partial charge >= 0.3 is 0 Å². The number of aryl methyl sites for hydroxylation is 1. The topological polar surface area (TPSA) is 89.3 Å². The van der Waals surface area contributed by atoms with E-state index < -0.39 is 15.9 Å². The molecule has 1 fully saturated rings. The zero-order valence-corrected chi connectivity index (χ0v) is 15.3. The van der Waals surface area contributed by atoms with Crippen LogP contribution in [0.15, 0.2) is 35.2 Å². The molecule has 3 rings (SSSR count). The molecule has 1 atom stereocenters. The van der Waals surface area contributed by atoms with E-state index in [1.807, 2.05) is 12.1 Å². The predicted molar refractivity (Wildman–Crippen MR) is 94.8 cm³/mol. The zero-order valence-electron chi connectivity index (χ0n) is 13.0. The predicted octanol–water partition coefficient (Wildman–Crippen LogP) is 3.24. The van der Waals surface area contributed by atoms with Crippen LogP contribution in [0, 0.1) is 12.8 Å². The highest BCUT2D eigenvalue weighted by atomic mass is 35.5. The molecule has 1 saturated carbocycles. The molecule has 1 aromatic heterocycles. The number of carbonyl (C=O) groups is 1. The molecule has 24 heavy (non-hydrogen) atoms. The van der Waals surface area contributed by atoms with E-state index in [0.717, 1.165) is 29.7 Å². The highest BCUT2D eigenvalue weighted by molar-refractivity contribution is 7.89. The van der Waals surface area contributed by atoms with Crippen LogP contribution in [0.5, 0.6) is 0 Å². The first-order valence-electron chi connectivity index (χ1n) is 7.46. The average Bonchev–Trinajstić information content (AvgIpc) is 3.27. The van der Waals surface area contributed by atoms with Crippen LogP contribution in [0.2, 0.25) is 5.02 Å². The molecule has 0 spiro atoms. The molecule has 8 heteroatoms. The molecule has 0 radical (unpaired) electrons. The van der Waals surface area contributed by atoms with Crippen molar-refractivity contribution in [2.45, 2.75) is 30.7 Å². The Morgan fingerprint density at radius 3 is 2.46 bits per heavy atom. The van der Waals surface area contributed by atoms with Crippen molar-refractivity contribution >= 4 is 38.9 Å². The van der Waals surface area contributed by atoms with Gasteiger partial charge in [0.2, 0.25) is 10.0 Å². The number of nitrogens with two attached hydrogens (primary N) is 1. The summed E-state index contributed by atoms with van der Waals surface area (Å²) in [5.74, 6) is -0.350. The highest BCUT2D eigenvalue weighted by Gasteiger charge is 2.36. The molecule has 1 aromatic carbocycles. The number of hydrogen-bond donors (Lipinski definition) is 2. The number of rotatable bonds is 6. The molecule has 0 saturated heterocycles. The van der Waals surface area contributed by atoms with E-state index in [4.69, 9.17) is 17.3 Å². The Morgan fingerprint density at radius 2 is 1.96 bits per heavy atom. The standard InChI is InChI=1S/C16H17ClN2O3S2/c1-9-14(8-13(23-9)16(18)20)24(21,22)19-15(10-2-3-10)11-4-6-12(17)7-5-11/h4-8,10,15,19H,2-3H2,1H3,(H2,18,20). The Balaban J connectivity index is 1.91. The molecule has 3 N–H and O–H groups in total. The second-order valence-electron chi connectivity index (χ2n) is 5.88. The molecule has 1 aliphatic rings. The normalized spacial score (nSPS) is 16.1. The third-order valence-electron chi connectivity index (χ3n) is 4.01. The number of halogens is 1. The van der Waals surface area contributed by atoms with Crippen molar-refractivity contribution in [1.29, 1.82) is 0 Å². The fourth-order valence-electron chi connectivity index (χ4n) is 2.62. The number of primary amides is 1. The van der Waals surface area contributed by atoms with Crippen molar-refractivity contribution in [3.05, 3.63) is 50.7 Å². The Hall–Kier alpha value is -1.41. The largest absolute Gasteiger partial charge is 0.365 e. The Bertz CT molecular complexity index is 871. The molecule has 5 nitrogen and oxygen atoms in total. The molecule has 128 valence electrons. The van der Waals surface area contributed by atoms with Gasteiger partial charge in [0, 0.05) is 15.9 Å². The molecule has 0 aliphatic heterocycles. The van der Waals surface area contributed by atoms with Crippen molar-refractivity contribution in [2.75, 3.05) is 0 Å². The average molecular weight is 385 g/mol. The van der Waals surface area contributed by atoms with Gasteiger partial charge in [0.15, 0.2) is 0 Å². The zero-order chi connectivity index (χ0) is 17.5. The van der Waals surface area contributed by atoms with E-state index in [-0.39, 0.29) is 21.7 Å². The second kappa shape index (κ2) is 6.48. The third kappa shape index (κ3) is 3.64. The number of carbonyl (C=O) groups excluding carboxylic acids is 1. The molecule has 1 aliphatic carbocycles. The fourth-order valence-corrected chi connectivity index (χ4v) is 5.48. The fraction of sp³-hybridized carbons (Fsp3) is 0.312. The maximum atomic E-state index is 12.8. The minimum absolute atomic E-state index is 0.112. The first-order chi connectivity index (χ1) is 11.3. The van der Waals surface area contributed by atoms with Gasteiger partial charge in [0.1, 0.15) is 0 Å². The number of amides is 1. The Morgan fingerprint density at radius 1 is 1.33 bits per heavy atom. The molecule has 1 unspecified atom stereocenters. The quantitative estimate of drug-likeness (QED) is 0.801. The lowest BCUT2D eigenvalue weighted by Crippen LogP contribution is -2.30. The van der Waals surface area contributed by atoms with E-state index in [2.05, 4.69) is 4.72 Å². The minimum atomic E-state index is -3.75. The minimum Gasteiger partial charge on any atom is -0.365 e. The molecule has 2 aromatic rings. The van der Waals surface area contributed by atoms with Crippen LogP contribution in [0.25, 0.3) is 0 Å². The molecule has 1 amide bonds. The van der Waals surface area contributed by atoms with Gasteiger partial charge in [-0.3, -0.25) is 4.79 Å². The van der Waals surface area contributed by atoms with Gasteiger partial charge in [-0.25, -0.2) is 13.1 Å². The number of hydrogen-bond acceptors (Lipinski definition) is 4. The van der Waals surface area contributed by atoms with Crippen molar-refractivity contribution in [1.82, 2.24) is 4.72 Å². The first-order valence-corrected chi connectivity index (χ1v) is 10.1. The van der Waals surface area contributed by atoms with Crippen LogP contribution in [0.3, 0.4) is 0 Å². The molecule has 0 bridgehead atoms. The van der Waals surface area contributed by atoms with Gasteiger partial charge < -0.3 is 5.73 Å². The third-order valence-corrected chi connectivity index (χ3v) is 7.02. The lowest BCUT2D eigenvalue weighted by Gasteiger charge is -2.19. The summed E-state index contributed by atoms with van der Waals surface area (Å²) in [6.45, 7) is 1.67. The van der Waals surface area contributed by atoms with Crippen LogP contribution < -0.4 is 10.5 Å². The summed E-state index contributed by atoms with van der Waals surface area (Å²) in [6.07, 6.45) is 1.95. The summed E-state index contributed by atoms with van der Waals surface area (Å²) in [5, 5.41) is 0.607. The summed E-state index contributed by atoms with van der Waals surface area (Å²) < 4.78 is 28.4. The summed E-state index contributed by atoms with van der Waals surface area (Å²) >= 11 is 7.00. The SMILES string of the molecule is Cc1sc(C(N)=O)cc1S(=O)(=O)NC(c1ccc(Cl)cc1)C1CC1. The van der Waals surface area contributed by atoms with Crippen molar-refractivity contribution < 1.29 is 13.2 Å². The highest BCUT2D eigenvalue weighted by Crippen LogP contribution is 2.42. The summed E-state index contributed by atoms with van der Waals surface area (Å²) in [6, 6.07) is 8.22. The van der Waals surface area contributed by atoms with E-state index >= 15 is 0 Å². The van der Waals surface area contributed by atoms with E-state index in [0.29, 0.717) is 9.90 Å². The number of nitrogens with one attached hydrogen (secondary N) is 1. The van der Waals surface area contributed by atoms with Crippen molar-refractivity contribution in [3.63, 3.8) is 0 Å². The molecular weight excluding hydrogens is 368 g/mol. The molecular formula is C16H17ClN2O3S2. The maximum Gasteiger partial charge on any atom is 0.258 e. The Labute approximate surface area is 149 Å². The summed E-state index contributed by atoms with van der Waals surface area (Å²) in [5.41, 5.74) is 6.13. The number of benzene rings is 1. The van der Waals surface area contributed by atoms with Crippen LogP contribution in [0.1, 0.15) is 39.0 Å². The maximum absolute atomic E-state index is 12.8. The lowest BCUT2D eigenvalue weighted by atomic mass is 10.0.